The van der Waals surface area contributed by atoms with Crippen molar-refractivity contribution in [3.8, 4) is 0 Å². The Balaban J connectivity index is 1.98. The molecule has 18 heavy (non-hydrogen) atoms. The van der Waals surface area contributed by atoms with E-state index in [2.05, 4.69) is 23.7 Å². The first-order chi connectivity index (χ1) is 8.69. The summed E-state index contributed by atoms with van der Waals surface area (Å²) in [5.41, 5.74) is 0. The second kappa shape index (κ2) is 6.34. The van der Waals surface area contributed by atoms with Gasteiger partial charge in [-0.15, -0.1) is 11.3 Å². The average Bonchev–Trinajstić information content (AvgIpc) is 2.99. The molecule has 1 N–H and O–H groups in total. The van der Waals surface area contributed by atoms with Crippen molar-refractivity contribution in [2.45, 2.75) is 44.7 Å². The van der Waals surface area contributed by atoms with Crippen LogP contribution >= 0.6 is 11.3 Å². The van der Waals surface area contributed by atoms with Crippen molar-refractivity contribution in [1.29, 1.82) is 0 Å². The second-order valence-electron chi connectivity index (χ2n) is 5.13. The number of methoxy groups -OCH3 is 1. The van der Waals surface area contributed by atoms with Gasteiger partial charge in [-0.2, -0.15) is 0 Å². The third-order valence-electron chi connectivity index (χ3n) is 3.62. The van der Waals surface area contributed by atoms with Crippen LogP contribution in [0.2, 0.25) is 0 Å². The topological polar surface area (TPSA) is 38.3 Å². The predicted octanol–water partition coefficient (Wildman–Crippen LogP) is 3.13. The minimum absolute atomic E-state index is 0.104. The molecule has 1 heterocycles. The smallest absolute Gasteiger partial charge is 0.307 e. The van der Waals surface area contributed by atoms with E-state index in [0.29, 0.717) is 12.5 Å². The number of carbonyl (C=O) groups excluding carboxylic acids is 1. The molecule has 0 saturated heterocycles. The molecule has 0 aliphatic heterocycles. The molecule has 0 bridgehead atoms. The molecule has 3 unspecified atom stereocenters. The van der Waals surface area contributed by atoms with Crippen LogP contribution in [0.3, 0.4) is 0 Å². The first-order valence-corrected chi connectivity index (χ1v) is 7.43. The zero-order chi connectivity index (χ0) is 13.0. The van der Waals surface area contributed by atoms with Crippen LogP contribution in [0.4, 0.5) is 0 Å². The van der Waals surface area contributed by atoms with Gasteiger partial charge in [-0.1, -0.05) is 13.0 Å². The lowest BCUT2D eigenvalue weighted by molar-refractivity contribution is -0.141. The van der Waals surface area contributed by atoms with Crippen molar-refractivity contribution >= 4 is 17.3 Å². The van der Waals surface area contributed by atoms with Crippen molar-refractivity contribution in [3.05, 3.63) is 22.4 Å². The highest BCUT2D eigenvalue weighted by Crippen LogP contribution is 2.29. The van der Waals surface area contributed by atoms with Crippen molar-refractivity contribution in [3.63, 3.8) is 0 Å². The number of hydrogen-bond acceptors (Lipinski definition) is 4. The van der Waals surface area contributed by atoms with Crippen LogP contribution in [0.15, 0.2) is 17.5 Å². The van der Waals surface area contributed by atoms with Gasteiger partial charge in [0.25, 0.3) is 0 Å². The summed E-state index contributed by atoms with van der Waals surface area (Å²) in [5, 5.41) is 5.68. The largest absolute Gasteiger partial charge is 0.469 e. The highest BCUT2D eigenvalue weighted by Gasteiger charge is 2.26. The molecule has 1 saturated carbocycles. The minimum atomic E-state index is -0.146. The maximum Gasteiger partial charge on any atom is 0.307 e. The van der Waals surface area contributed by atoms with Crippen molar-refractivity contribution in [2.75, 3.05) is 7.11 Å². The van der Waals surface area contributed by atoms with Crippen LogP contribution in [-0.4, -0.2) is 19.1 Å². The Morgan fingerprint density at radius 3 is 3.00 bits per heavy atom. The lowest BCUT2D eigenvalue weighted by Crippen LogP contribution is -2.32. The summed E-state index contributed by atoms with van der Waals surface area (Å²) in [4.78, 5) is 12.7. The molecule has 0 amide bonds. The van der Waals surface area contributed by atoms with E-state index in [1.807, 2.05) is 6.07 Å². The van der Waals surface area contributed by atoms with E-state index in [9.17, 15) is 4.79 Å². The maximum atomic E-state index is 11.5. The summed E-state index contributed by atoms with van der Waals surface area (Å²) in [5.74, 6) is 0.650. The molecule has 2 rings (SSSR count). The van der Waals surface area contributed by atoms with E-state index < -0.39 is 0 Å². The van der Waals surface area contributed by atoms with Gasteiger partial charge >= 0.3 is 5.97 Å². The van der Waals surface area contributed by atoms with Gasteiger partial charge in [0, 0.05) is 10.9 Å². The monoisotopic (exact) mass is 267 g/mol. The van der Waals surface area contributed by atoms with E-state index in [1.165, 1.54) is 31.2 Å². The molecular weight excluding hydrogens is 246 g/mol. The predicted molar refractivity (Wildman–Crippen MR) is 73.6 cm³/mol. The number of nitrogens with one attached hydrogen (secondary N) is 1. The van der Waals surface area contributed by atoms with Crippen molar-refractivity contribution in [1.82, 2.24) is 5.32 Å². The lowest BCUT2D eigenvalue weighted by atomic mass is 10.1. The normalized spacial score (nSPS) is 25.0. The third kappa shape index (κ3) is 3.56. The van der Waals surface area contributed by atoms with Gasteiger partial charge in [0.1, 0.15) is 0 Å². The summed E-state index contributed by atoms with van der Waals surface area (Å²) in [6.45, 7) is 2.29. The Morgan fingerprint density at radius 1 is 1.61 bits per heavy atom. The molecule has 0 spiro atoms. The van der Waals surface area contributed by atoms with Gasteiger partial charge in [-0.05, 0) is 36.6 Å². The molecule has 1 aliphatic carbocycles. The average molecular weight is 267 g/mol. The third-order valence-corrected chi connectivity index (χ3v) is 4.60. The first-order valence-electron chi connectivity index (χ1n) is 6.55. The van der Waals surface area contributed by atoms with Gasteiger partial charge in [0.05, 0.1) is 19.6 Å². The SMILES string of the molecule is COC(=O)CC(NC1CCC(C)C1)c1cccs1. The quantitative estimate of drug-likeness (QED) is 0.833. The summed E-state index contributed by atoms with van der Waals surface area (Å²) in [6.07, 6.45) is 4.13. The molecule has 0 aromatic carbocycles. The highest BCUT2D eigenvalue weighted by molar-refractivity contribution is 7.10. The molecule has 0 radical (unpaired) electrons. The summed E-state index contributed by atoms with van der Waals surface area (Å²) >= 11 is 1.70. The van der Waals surface area contributed by atoms with Crippen LogP contribution in [0, 0.1) is 5.92 Å². The van der Waals surface area contributed by atoms with Crippen LogP contribution in [0.5, 0.6) is 0 Å². The lowest BCUT2D eigenvalue weighted by Gasteiger charge is -2.21. The molecule has 3 atom stereocenters. The molecule has 1 aromatic rings. The molecule has 100 valence electrons. The number of carbonyl (C=O) groups is 1. The zero-order valence-corrected chi connectivity index (χ0v) is 11.8. The van der Waals surface area contributed by atoms with Gasteiger partial charge < -0.3 is 10.1 Å². The van der Waals surface area contributed by atoms with Crippen LogP contribution in [0.1, 0.15) is 43.5 Å². The molecule has 1 aliphatic rings. The van der Waals surface area contributed by atoms with Gasteiger partial charge in [0.15, 0.2) is 0 Å². The first kappa shape index (κ1) is 13.6. The van der Waals surface area contributed by atoms with E-state index >= 15 is 0 Å². The highest BCUT2D eigenvalue weighted by atomic mass is 32.1. The second-order valence-corrected chi connectivity index (χ2v) is 6.11. The van der Waals surface area contributed by atoms with Crippen molar-refractivity contribution in [2.24, 2.45) is 5.92 Å². The van der Waals surface area contributed by atoms with E-state index in [-0.39, 0.29) is 12.0 Å². The van der Waals surface area contributed by atoms with Gasteiger partial charge in [0.2, 0.25) is 0 Å². The fourth-order valence-electron chi connectivity index (χ4n) is 2.62. The van der Waals surface area contributed by atoms with Gasteiger partial charge in [-0.25, -0.2) is 0 Å². The Hall–Kier alpha value is -0.870. The standard InChI is InChI=1S/C14H21NO2S/c1-10-5-6-11(8-10)15-12(9-14(16)17-2)13-4-3-7-18-13/h3-4,7,10-12,15H,5-6,8-9H2,1-2H3. The fourth-order valence-corrected chi connectivity index (χ4v) is 3.41. The molecule has 4 heteroatoms. The van der Waals surface area contributed by atoms with Crippen molar-refractivity contribution < 1.29 is 9.53 Å². The van der Waals surface area contributed by atoms with Crippen LogP contribution in [-0.2, 0) is 9.53 Å². The Morgan fingerprint density at radius 2 is 2.44 bits per heavy atom. The fraction of sp³-hybridized carbons (Fsp3) is 0.643. The maximum absolute atomic E-state index is 11.5. The number of thiophene rings is 1. The van der Waals surface area contributed by atoms with E-state index in [4.69, 9.17) is 4.74 Å². The van der Waals surface area contributed by atoms with E-state index in [0.717, 1.165) is 5.92 Å². The number of esters is 1. The summed E-state index contributed by atoms with van der Waals surface area (Å²) in [7, 11) is 1.45. The zero-order valence-electron chi connectivity index (χ0n) is 11.0. The van der Waals surface area contributed by atoms with Crippen LogP contribution < -0.4 is 5.32 Å². The Bertz CT molecular complexity index is 377. The van der Waals surface area contributed by atoms with E-state index in [1.54, 1.807) is 11.3 Å². The number of rotatable bonds is 5. The Kier molecular flexibility index (Phi) is 4.78. The molecule has 3 nitrogen and oxygen atoms in total. The van der Waals surface area contributed by atoms with Crippen LogP contribution in [0.25, 0.3) is 0 Å². The summed E-state index contributed by atoms with van der Waals surface area (Å²) in [6, 6.07) is 4.76. The summed E-state index contributed by atoms with van der Waals surface area (Å²) < 4.78 is 4.79. The van der Waals surface area contributed by atoms with Gasteiger partial charge in [-0.3, -0.25) is 4.79 Å². The number of hydrogen-bond donors (Lipinski definition) is 1. The Labute approximate surface area is 113 Å². The number of ether oxygens (including phenoxy) is 1. The molecule has 1 fully saturated rings. The molecular formula is C14H21NO2S. The molecule has 1 aromatic heterocycles. The minimum Gasteiger partial charge on any atom is -0.469 e.